The van der Waals surface area contributed by atoms with E-state index in [0.29, 0.717) is 12.2 Å². The molecule has 1 aliphatic heterocycles. The summed E-state index contributed by atoms with van der Waals surface area (Å²) in [6.07, 6.45) is 2.37. The lowest BCUT2D eigenvalue weighted by Gasteiger charge is -2.28. The SMILES string of the molecule is COc1ccc2c(c1)C(CCCN(C)CCc1ccc(OC)c(OC)c1)(c1ccc(C)cc1)C(=O)O2. The Morgan fingerprint density at radius 2 is 1.61 bits per heavy atom. The Balaban J connectivity index is 1.48. The number of benzene rings is 3. The molecule has 1 aliphatic rings. The number of ether oxygens (including phenoxy) is 4. The van der Waals surface area contributed by atoms with Crippen molar-refractivity contribution in [1.82, 2.24) is 4.90 Å². The molecule has 190 valence electrons. The zero-order valence-electron chi connectivity index (χ0n) is 21.8. The number of carbonyl (C=O) groups excluding carboxylic acids is 1. The predicted octanol–water partition coefficient (Wildman–Crippen LogP) is 5.18. The first-order valence-electron chi connectivity index (χ1n) is 12.3. The number of hydrogen-bond acceptors (Lipinski definition) is 6. The standard InChI is InChI=1S/C30H35NO5/c1-21-7-10-23(11-8-21)30(25-20-24(33-3)12-14-26(25)36-29(30)32)16-6-17-31(2)18-15-22-9-13-27(34-4)28(19-22)35-5/h7-14,19-20H,6,15-18H2,1-5H3. The molecule has 3 aromatic rings. The molecule has 4 rings (SSSR count). The Hall–Kier alpha value is -3.51. The summed E-state index contributed by atoms with van der Waals surface area (Å²) >= 11 is 0. The molecule has 6 heteroatoms. The fourth-order valence-corrected chi connectivity index (χ4v) is 4.93. The number of nitrogens with zero attached hydrogens (tertiary/aromatic N) is 1. The van der Waals surface area contributed by atoms with Gasteiger partial charge in [-0.25, -0.2) is 0 Å². The number of methoxy groups -OCH3 is 3. The third kappa shape index (κ3) is 5.05. The Bertz CT molecular complexity index is 1210. The van der Waals surface area contributed by atoms with Crippen LogP contribution in [0.2, 0.25) is 0 Å². The van der Waals surface area contributed by atoms with Gasteiger partial charge in [-0.05, 0) is 81.2 Å². The average molecular weight is 490 g/mol. The van der Waals surface area contributed by atoms with Gasteiger partial charge in [0.25, 0.3) is 0 Å². The fourth-order valence-electron chi connectivity index (χ4n) is 4.93. The van der Waals surface area contributed by atoms with E-state index < -0.39 is 5.41 Å². The number of hydrogen-bond donors (Lipinski definition) is 0. The first-order valence-corrected chi connectivity index (χ1v) is 12.3. The number of rotatable bonds is 11. The quantitative estimate of drug-likeness (QED) is 0.273. The van der Waals surface area contributed by atoms with Crippen molar-refractivity contribution in [2.24, 2.45) is 0 Å². The molecule has 0 bridgehead atoms. The van der Waals surface area contributed by atoms with Gasteiger partial charge in [0.1, 0.15) is 16.9 Å². The van der Waals surface area contributed by atoms with E-state index in [0.717, 1.165) is 59.9 Å². The maximum atomic E-state index is 13.4. The van der Waals surface area contributed by atoms with Crippen LogP contribution in [0.1, 0.15) is 35.1 Å². The van der Waals surface area contributed by atoms with E-state index in [4.69, 9.17) is 18.9 Å². The summed E-state index contributed by atoms with van der Waals surface area (Å²) in [5.41, 5.74) is 3.33. The summed E-state index contributed by atoms with van der Waals surface area (Å²) in [4.78, 5) is 15.7. The van der Waals surface area contributed by atoms with Gasteiger partial charge in [0.15, 0.2) is 11.5 Å². The van der Waals surface area contributed by atoms with Crippen LogP contribution in [0, 0.1) is 6.92 Å². The number of carbonyl (C=O) groups is 1. The molecule has 1 unspecified atom stereocenters. The third-order valence-electron chi connectivity index (χ3n) is 7.06. The fraction of sp³-hybridized carbons (Fsp3) is 0.367. The minimum absolute atomic E-state index is 0.220. The molecule has 0 aromatic heterocycles. The summed E-state index contributed by atoms with van der Waals surface area (Å²) in [5.74, 6) is 2.59. The number of fused-ring (bicyclic) bond motifs is 1. The maximum absolute atomic E-state index is 13.4. The second-order valence-corrected chi connectivity index (χ2v) is 9.37. The number of aryl methyl sites for hydroxylation is 1. The van der Waals surface area contributed by atoms with Crippen LogP contribution in [-0.4, -0.2) is 52.3 Å². The van der Waals surface area contributed by atoms with Crippen molar-refractivity contribution in [3.63, 3.8) is 0 Å². The van der Waals surface area contributed by atoms with Gasteiger partial charge in [-0.15, -0.1) is 0 Å². The van der Waals surface area contributed by atoms with Crippen LogP contribution in [0.15, 0.2) is 60.7 Å². The Labute approximate surface area is 213 Å². The molecule has 1 atom stereocenters. The number of likely N-dealkylation sites (N-methyl/N-ethyl adjacent to an activating group) is 1. The highest BCUT2D eigenvalue weighted by Crippen LogP contribution is 2.48. The summed E-state index contributed by atoms with van der Waals surface area (Å²) in [6, 6.07) is 19.8. The van der Waals surface area contributed by atoms with Gasteiger partial charge in [-0.2, -0.15) is 0 Å². The zero-order valence-corrected chi connectivity index (χ0v) is 21.8. The molecule has 0 radical (unpaired) electrons. The minimum atomic E-state index is -0.845. The molecule has 1 heterocycles. The lowest BCUT2D eigenvalue weighted by Crippen LogP contribution is -2.36. The van der Waals surface area contributed by atoms with Crippen molar-refractivity contribution >= 4 is 5.97 Å². The number of esters is 1. The van der Waals surface area contributed by atoms with Gasteiger partial charge in [-0.3, -0.25) is 4.79 Å². The normalized spacial score (nSPS) is 16.6. The molecule has 0 aliphatic carbocycles. The Morgan fingerprint density at radius 1 is 0.861 bits per heavy atom. The second kappa shape index (κ2) is 11.0. The van der Waals surface area contributed by atoms with E-state index in [1.54, 1.807) is 21.3 Å². The van der Waals surface area contributed by atoms with Gasteiger partial charge < -0.3 is 23.8 Å². The van der Waals surface area contributed by atoms with Crippen LogP contribution >= 0.6 is 0 Å². The van der Waals surface area contributed by atoms with E-state index in [9.17, 15) is 4.79 Å². The molecule has 0 spiro atoms. The molecule has 0 fully saturated rings. The first kappa shape index (κ1) is 25.6. The van der Waals surface area contributed by atoms with Crippen LogP contribution in [-0.2, 0) is 16.6 Å². The summed E-state index contributed by atoms with van der Waals surface area (Å²) in [7, 11) is 7.05. The molecule has 36 heavy (non-hydrogen) atoms. The molecule has 0 N–H and O–H groups in total. The van der Waals surface area contributed by atoms with Crippen molar-refractivity contribution in [2.45, 2.75) is 31.6 Å². The van der Waals surface area contributed by atoms with Crippen LogP contribution in [0.25, 0.3) is 0 Å². The monoisotopic (exact) mass is 489 g/mol. The van der Waals surface area contributed by atoms with Crippen LogP contribution in [0.5, 0.6) is 23.0 Å². The van der Waals surface area contributed by atoms with Crippen molar-refractivity contribution in [2.75, 3.05) is 41.5 Å². The van der Waals surface area contributed by atoms with Crippen molar-refractivity contribution in [3.05, 3.63) is 82.9 Å². The smallest absolute Gasteiger partial charge is 0.326 e. The molecule has 0 saturated carbocycles. The molecule has 3 aromatic carbocycles. The van der Waals surface area contributed by atoms with E-state index in [2.05, 4.69) is 30.1 Å². The van der Waals surface area contributed by atoms with Gasteiger partial charge in [-0.1, -0.05) is 35.9 Å². The maximum Gasteiger partial charge on any atom is 0.326 e. The van der Waals surface area contributed by atoms with Crippen LogP contribution in [0.4, 0.5) is 0 Å². The average Bonchev–Trinajstić information content (AvgIpc) is 3.18. The topological polar surface area (TPSA) is 57.2 Å². The summed E-state index contributed by atoms with van der Waals surface area (Å²) in [5, 5.41) is 0. The van der Waals surface area contributed by atoms with Crippen molar-refractivity contribution in [1.29, 1.82) is 0 Å². The summed E-state index contributed by atoms with van der Waals surface area (Å²) < 4.78 is 22.0. The molecule has 0 amide bonds. The van der Waals surface area contributed by atoms with E-state index in [-0.39, 0.29) is 5.97 Å². The predicted molar refractivity (Wildman–Crippen MR) is 141 cm³/mol. The lowest BCUT2D eigenvalue weighted by molar-refractivity contribution is -0.137. The van der Waals surface area contributed by atoms with Crippen LogP contribution in [0.3, 0.4) is 0 Å². The van der Waals surface area contributed by atoms with Crippen LogP contribution < -0.4 is 18.9 Å². The molecular formula is C30H35NO5. The van der Waals surface area contributed by atoms with Gasteiger partial charge in [0.05, 0.1) is 21.3 Å². The van der Waals surface area contributed by atoms with E-state index >= 15 is 0 Å². The first-order chi connectivity index (χ1) is 17.4. The molecule has 0 saturated heterocycles. The second-order valence-electron chi connectivity index (χ2n) is 9.37. The van der Waals surface area contributed by atoms with Gasteiger partial charge in [0, 0.05) is 12.1 Å². The lowest BCUT2D eigenvalue weighted by atomic mass is 9.72. The highest BCUT2D eigenvalue weighted by Gasteiger charge is 2.50. The highest BCUT2D eigenvalue weighted by atomic mass is 16.5. The van der Waals surface area contributed by atoms with Gasteiger partial charge in [0.2, 0.25) is 0 Å². The van der Waals surface area contributed by atoms with Crippen molar-refractivity contribution in [3.8, 4) is 23.0 Å². The Kier molecular flexibility index (Phi) is 7.85. The zero-order chi connectivity index (χ0) is 25.7. The largest absolute Gasteiger partial charge is 0.497 e. The molecular weight excluding hydrogens is 454 g/mol. The molecule has 6 nitrogen and oxygen atoms in total. The third-order valence-corrected chi connectivity index (χ3v) is 7.06. The Morgan fingerprint density at radius 3 is 2.31 bits per heavy atom. The highest BCUT2D eigenvalue weighted by molar-refractivity contribution is 5.94. The van der Waals surface area contributed by atoms with E-state index in [1.165, 1.54) is 5.56 Å². The van der Waals surface area contributed by atoms with Crippen molar-refractivity contribution < 1.29 is 23.7 Å². The summed E-state index contributed by atoms with van der Waals surface area (Å²) in [6.45, 7) is 3.79. The van der Waals surface area contributed by atoms with E-state index in [1.807, 2.05) is 49.4 Å². The minimum Gasteiger partial charge on any atom is -0.497 e. The van der Waals surface area contributed by atoms with Gasteiger partial charge >= 0.3 is 5.97 Å².